The number of amides is 1. The predicted molar refractivity (Wildman–Crippen MR) is 70.9 cm³/mol. The summed E-state index contributed by atoms with van der Waals surface area (Å²) >= 11 is 3.26. The summed E-state index contributed by atoms with van der Waals surface area (Å²) < 4.78 is 6.05. The van der Waals surface area contributed by atoms with Crippen molar-refractivity contribution in [3.8, 4) is 5.75 Å². The standard InChI is InChI=1S/C12H14BrNO5/c1-7(15)11(12(17)18)14-10(16)6-19-9-4-2-8(13)3-5-9/h2-5,7,11,15H,6H2,1H3,(H,14,16)(H,17,18)/t7-,11+/m1/s1. The number of carbonyl (C=O) groups is 2. The van der Waals surface area contributed by atoms with Gasteiger partial charge in [-0.25, -0.2) is 4.79 Å². The van der Waals surface area contributed by atoms with Crippen molar-refractivity contribution in [2.24, 2.45) is 0 Å². The van der Waals surface area contributed by atoms with Crippen LogP contribution in [0.25, 0.3) is 0 Å². The summed E-state index contributed by atoms with van der Waals surface area (Å²) in [5.74, 6) is -1.43. The lowest BCUT2D eigenvalue weighted by Gasteiger charge is -2.17. The van der Waals surface area contributed by atoms with Crippen molar-refractivity contribution in [1.82, 2.24) is 5.32 Å². The van der Waals surface area contributed by atoms with Gasteiger partial charge in [0.2, 0.25) is 0 Å². The molecule has 7 heteroatoms. The van der Waals surface area contributed by atoms with Gasteiger partial charge in [-0.15, -0.1) is 0 Å². The maximum Gasteiger partial charge on any atom is 0.328 e. The first-order chi connectivity index (χ1) is 8.90. The van der Waals surface area contributed by atoms with Gasteiger partial charge in [0.05, 0.1) is 6.10 Å². The number of aliphatic hydroxyl groups is 1. The third-order valence-electron chi connectivity index (χ3n) is 2.25. The molecule has 0 radical (unpaired) electrons. The lowest BCUT2D eigenvalue weighted by Crippen LogP contribution is -2.49. The van der Waals surface area contributed by atoms with Crippen molar-refractivity contribution in [2.75, 3.05) is 6.61 Å². The number of halogens is 1. The van der Waals surface area contributed by atoms with Gasteiger partial charge < -0.3 is 20.3 Å². The number of carboxylic acid groups (broad SMARTS) is 1. The van der Waals surface area contributed by atoms with Crippen molar-refractivity contribution >= 4 is 27.8 Å². The summed E-state index contributed by atoms with van der Waals surface area (Å²) in [6.07, 6.45) is -1.19. The molecular weight excluding hydrogens is 318 g/mol. The van der Waals surface area contributed by atoms with Crippen LogP contribution < -0.4 is 10.1 Å². The fourth-order valence-corrected chi connectivity index (χ4v) is 1.55. The van der Waals surface area contributed by atoms with Gasteiger partial charge >= 0.3 is 5.97 Å². The number of hydrogen-bond acceptors (Lipinski definition) is 4. The van der Waals surface area contributed by atoms with Crippen LogP contribution in [-0.2, 0) is 9.59 Å². The number of aliphatic hydroxyl groups excluding tert-OH is 1. The molecule has 0 aromatic heterocycles. The third kappa shape index (κ3) is 5.27. The van der Waals surface area contributed by atoms with E-state index in [0.717, 1.165) is 4.47 Å². The quantitative estimate of drug-likeness (QED) is 0.715. The Labute approximate surface area is 118 Å². The number of nitrogens with one attached hydrogen (secondary N) is 1. The molecule has 19 heavy (non-hydrogen) atoms. The van der Waals surface area contributed by atoms with E-state index in [9.17, 15) is 14.7 Å². The number of carbonyl (C=O) groups excluding carboxylic acids is 1. The number of ether oxygens (including phenoxy) is 1. The van der Waals surface area contributed by atoms with E-state index in [1.54, 1.807) is 24.3 Å². The number of rotatable bonds is 6. The number of carboxylic acids is 1. The zero-order valence-electron chi connectivity index (χ0n) is 10.2. The average Bonchev–Trinajstić information content (AvgIpc) is 2.34. The SMILES string of the molecule is C[C@@H](O)[C@H](NC(=O)COc1ccc(Br)cc1)C(=O)O. The zero-order valence-corrected chi connectivity index (χ0v) is 11.8. The molecule has 0 saturated heterocycles. The van der Waals surface area contributed by atoms with Crippen molar-refractivity contribution in [2.45, 2.75) is 19.1 Å². The minimum absolute atomic E-state index is 0.321. The molecule has 0 heterocycles. The first-order valence-electron chi connectivity index (χ1n) is 5.48. The minimum atomic E-state index is -1.35. The molecule has 3 N–H and O–H groups in total. The largest absolute Gasteiger partial charge is 0.484 e. The second kappa shape index (κ2) is 7.10. The summed E-state index contributed by atoms with van der Waals surface area (Å²) in [4.78, 5) is 22.3. The highest BCUT2D eigenvalue weighted by atomic mass is 79.9. The summed E-state index contributed by atoms with van der Waals surface area (Å²) in [5.41, 5.74) is 0. The third-order valence-corrected chi connectivity index (χ3v) is 2.78. The van der Waals surface area contributed by atoms with Crippen LogP contribution in [0.3, 0.4) is 0 Å². The molecular formula is C12H14BrNO5. The molecule has 0 unspecified atom stereocenters. The number of hydrogen-bond donors (Lipinski definition) is 3. The van der Waals surface area contributed by atoms with E-state index in [0.29, 0.717) is 5.75 Å². The van der Waals surface area contributed by atoms with Crippen LogP contribution >= 0.6 is 15.9 Å². The van der Waals surface area contributed by atoms with Crippen LogP contribution in [0.4, 0.5) is 0 Å². The molecule has 0 aliphatic heterocycles. The number of benzene rings is 1. The summed E-state index contributed by atoms with van der Waals surface area (Å²) in [6, 6.07) is 5.49. The molecule has 104 valence electrons. The molecule has 0 spiro atoms. The monoisotopic (exact) mass is 331 g/mol. The smallest absolute Gasteiger partial charge is 0.328 e. The van der Waals surface area contributed by atoms with E-state index in [4.69, 9.17) is 9.84 Å². The van der Waals surface area contributed by atoms with Crippen LogP contribution in [0.2, 0.25) is 0 Å². The highest BCUT2D eigenvalue weighted by Gasteiger charge is 2.24. The lowest BCUT2D eigenvalue weighted by atomic mass is 10.2. The molecule has 1 aromatic rings. The van der Waals surface area contributed by atoms with E-state index < -0.39 is 24.0 Å². The van der Waals surface area contributed by atoms with E-state index in [1.165, 1.54) is 6.92 Å². The summed E-state index contributed by atoms with van der Waals surface area (Å²) in [6.45, 7) is 0.965. The molecule has 0 fully saturated rings. The normalized spacial score (nSPS) is 13.4. The zero-order chi connectivity index (χ0) is 14.4. The Morgan fingerprint density at radius 3 is 2.42 bits per heavy atom. The maximum absolute atomic E-state index is 11.5. The second-order valence-electron chi connectivity index (χ2n) is 3.87. The predicted octanol–water partition coefficient (Wildman–Crippen LogP) is 0.778. The van der Waals surface area contributed by atoms with Crippen molar-refractivity contribution in [3.05, 3.63) is 28.7 Å². The highest BCUT2D eigenvalue weighted by molar-refractivity contribution is 9.10. The van der Waals surface area contributed by atoms with Crippen molar-refractivity contribution < 1.29 is 24.5 Å². The van der Waals surface area contributed by atoms with Gasteiger partial charge in [0, 0.05) is 4.47 Å². The van der Waals surface area contributed by atoms with Gasteiger partial charge in [-0.3, -0.25) is 4.79 Å². The van der Waals surface area contributed by atoms with E-state index >= 15 is 0 Å². The molecule has 0 saturated carbocycles. The Bertz CT molecular complexity index is 446. The Kier molecular flexibility index (Phi) is 5.78. The first-order valence-corrected chi connectivity index (χ1v) is 6.28. The van der Waals surface area contributed by atoms with Crippen molar-refractivity contribution in [1.29, 1.82) is 0 Å². The second-order valence-corrected chi connectivity index (χ2v) is 4.78. The molecule has 0 bridgehead atoms. The van der Waals surface area contributed by atoms with Crippen LogP contribution in [0.1, 0.15) is 6.92 Å². The van der Waals surface area contributed by atoms with Gasteiger partial charge in [-0.05, 0) is 31.2 Å². The molecule has 2 atom stereocenters. The maximum atomic E-state index is 11.5. The Hall–Kier alpha value is -1.60. The summed E-state index contributed by atoms with van der Waals surface area (Å²) in [7, 11) is 0. The average molecular weight is 332 g/mol. The highest BCUT2D eigenvalue weighted by Crippen LogP contribution is 2.15. The molecule has 1 amide bonds. The van der Waals surface area contributed by atoms with Crippen LogP contribution in [0.15, 0.2) is 28.7 Å². The topological polar surface area (TPSA) is 95.9 Å². The fourth-order valence-electron chi connectivity index (χ4n) is 1.28. The Morgan fingerprint density at radius 2 is 1.95 bits per heavy atom. The van der Waals surface area contributed by atoms with Gasteiger partial charge in [0.1, 0.15) is 5.75 Å². The minimum Gasteiger partial charge on any atom is -0.484 e. The van der Waals surface area contributed by atoms with Gasteiger partial charge in [0.15, 0.2) is 12.6 Å². The summed E-state index contributed by atoms with van der Waals surface area (Å²) in [5, 5.41) is 20.2. The molecule has 0 aliphatic carbocycles. The molecule has 1 rings (SSSR count). The van der Waals surface area contributed by atoms with Crippen LogP contribution in [0.5, 0.6) is 5.75 Å². The molecule has 6 nitrogen and oxygen atoms in total. The van der Waals surface area contributed by atoms with E-state index in [1.807, 2.05) is 0 Å². The van der Waals surface area contributed by atoms with Gasteiger partial charge in [-0.2, -0.15) is 0 Å². The van der Waals surface area contributed by atoms with E-state index in [2.05, 4.69) is 21.2 Å². The van der Waals surface area contributed by atoms with Gasteiger partial charge in [0.25, 0.3) is 5.91 Å². The lowest BCUT2D eigenvalue weighted by molar-refractivity contribution is -0.145. The van der Waals surface area contributed by atoms with Crippen LogP contribution in [-0.4, -0.2) is 40.8 Å². The Morgan fingerprint density at radius 1 is 1.37 bits per heavy atom. The molecule has 1 aromatic carbocycles. The first kappa shape index (κ1) is 15.5. The van der Waals surface area contributed by atoms with Crippen LogP contribution in [0, 0.1) is 0 Å². The number of aliphatic carboxylic acids is 1. The van der Waals surface area contributed by atoms with E-state index in [-0.39, 0.29) is 6.61 Å². The van der Waals surface area contributed by atoms with Crippen molar-refractivity contribution in [3.63, 3.8) is 0 Å². The Balaban J connectivity index is 2.47. The fraction of sp³-hybridized carbons (Fsp3) is 0.333. The van der Waals surface area contributed by atoms with Gasteiger partial charge in [-0.1, -0.05) is 15.9 Å². The molecule has 0 aliphatic rings.